The van der Waals surface area contributed by atoms with Crippen molar-refractivity contribution in [2.24, 2.45) is 0 Å². The Kier molecular flexibility index (Phi) is 6.33. The highest BCUT2D eigenvalue weighted by molar-refractivity contribution is 6.33. The van der Waals surface area contributed by atoms with E-state index in [1.165, 1.54) is 4.90 Å². The number of rotatable bonds is 6. The van der Waals surface area contributed by atoms with Gasteiger partial charge in [0.25, 0.3) is 5.91 Å². The van der Waals surface area contributed by atoms with Gasteiger partial charge in [-0.15, -0.1) is 0 Å². The number of benzene rings is 4. The molecule has 0 radical (unpaired) electrons. The number of ketones is 1. The van der Waals surface area contributed by atoms with Crippen molar-refractivity contribution in [3.63, 3.8) is 0 Å². The summed E-state index contributed by atoms with van der Waals surface area (Å²) >= 11 is 0. The van der Waals surface area contributed by atoms with Crippen LogP contribution >= 0.6 is 0 Å². The summed E-state index contributed by atoms with van der Waals surface area (Å²) in [6.45, 7) is 0. The second-order valence-electron chi connectivity index (χ2n) is 7.06. The maximum atomic E-state index is 16.0. The highest BCUT2D eigenvalue weighted by Gasteiger charge is 2.29. The third-order valence-corrected chi connectivity index (χ3v) is 4.96. The molecular weight excluding hydrogens is 401 g/mol. The summed E-state index contributed by atoms with van der Waals surface area (Å²) in [5.41, 5.74) is 1.38. The molecule has 32 heavy (non-hydrogen) atoms. The average Bonchev–Trinajstić information content (AvgIpc) is 2.86. The third kappa shape index (κ3) is 4.40. The first-order chi connectivity index (χ1) is 15.7. The van der Waals surface area contributed by atoms with E-state index < -0.39 is 17.5 Å². The quantitative estimate of drug-likeness (QED) is 0.259. The van der Waals surface area contributed by atoms with Crippen LogP contribution in [-0.2, 0) is 4.79 Å². The van der Waals surface area contributed by atoms with Crippen LogP contribution in [-0.4, -0.2) is 11.7 Å². The maximum absolute atomic E-state index is 16.0. The summed E-state index contributed by atoms with van der Waals surface area (Å²) in [6, 6.07) is 34.4. The number of nitrogens with zero attached hydrogens (tertiary/aromatic N) is 1. The molecule has 0 N–H and O–H groups in total. The number of Topliss-reactive ketones (excluding diaryl/α,β-unsaturated/α-hetero) is 1. The molecule has 1 amide bonds. The molecule has 4 aromatic rings. The highest BCUT2D eigenvalue weighted by atomic mass is 19.1. The van der Waals surface area contributed by atoms with Gasteiger partial charge >= 0.3 is 0 Å². The fourth-order valence-electron chi connectivity index (χ4n) is 3.44. The van der Waals surface area contributed by atoms with E-state index in [2.05, 4.69) is 0 Å². The minimum atomic E-state index is -1.11. The first kappa shape index (κ1) is 20.9. The van der Waals surface area contributed by atoms with Crippen molar-refractivity contribution < 1.29 is 14.0 Å². The van der Waals surface area contributed by atoms with Crippen LogP contribution in [0.2, 0.25) is 0 Å². The molecular formula is C28H20FNO2. The van der Waals surface area contributed by atoms with Gasteiger partial charge in [0.2, 0.25) is 0 Å². The van der Waals surface area contributed by atoms with Crippen LogP contribution in [0.5, 0.6) is 0 Å². The highest BCUT2D eigenvalue weighted by Crippen LogP contribution is 2.31. The van der Waals surface area contributed by atoms with Gasteiger partial charge in [-0.25, -0.2) is 4.39 Å². The minimum absolute atomic E-state index is 0.265. The van der Waals surface area contributed by atoms with Crippen LogP contribution in [0.1, 0.15) is 15.9 Å². The lowest BCUT2D eigenvalue weighted by Gasteiger charge is -2.23. The molecule has 0 saturated carbocycles. The Balaban J connectivity index is 1.88. The van der Waals surface area contributed by atoms with E-state index >= 15 is 4.39 Å². The Morgan fingerprint density at radius 3 is 1.34 bits per heavy atom. The first-order valence-electron chi connectivity index (χ1n) is 10.2. The number of hydrogen-bond acceptors (Lipinski definition) is 2. The summed E-state index contributed by atoms with van der Waals surface area (Å²) in [6.07, 6.45) is 0. The van der Waals surface area contributed by atoms with E-state index in [-0.39, 0.29) is 5.57 Å². The van der Waals surface area contributed by atoms with Crippen molar-refractivity contribution in [3.8, 4) is 0 Å². The lowest BCUT2D eigenvalue weighted by Crippen LogP contribution is -2.27. The average molecular weight is 421 g/mol. The number of amides is 1. The van der Waals surface area contributed by atoms with Crippen LogP contribution in [0.3, 0.4) is 0 Å². The van der Waals surface area contributed by atoms with Crippen LogP contribution in [0, 0.1) is 0 Å². The van der Waals surface area contributed by atoms with Crippen molar-refractivity contribution in [1.29, 1.82) is 0 Å². The molecule has 0 atom stereocenters. The molecule has 0 saturated heterocycles. The van der Waals surface area contributed by atoms with E-state index in [1.54, 1.807) is 109 Å². The first-order valence-corrected chi connectivity index (χ1v) is 10.2. The number of carbonyl (C=O) groups excluding carboxylic acids is 2. The van der Waals surface area contributed by atoms with Crippen molar-refractivity contribution in [1.82, 2.24) is 0 Å². The van der Waals surface area contributed by atoms with Crippen molar-refractivity contribution >= 4 is 28.6 Å². The van der Waals surface area contributed by atoms with Crippen molar-refractivity contribution in [2.45, 2.75) is 0 Å². The molecule has 0 bridgehead atoms. The van der Waals surface area contributed by atoms with E-state index in [0.29, 0.717) is 22.5 Å². The molecule has 4 heteroatoms. The topological polar surface area (TPSA) is 37.4 Å². The van der Waals surface area contributed by atoms with Gasteiger partial charge in [0.15, 0.2) is 11.6 Å². The second-order valence-corrected chi connectivity index (χ2v) is 7.06. The monoisotopic (exact) mass is 421 g/mol. The minimum Gasteiger partial charge on any atom is -0.288 e. The van der Waals surface area contributed by atoms with Gasteiger partial charge in [0, 0.05) is 16.9 Å². The van der Waals surface area contributed by atoms with Gasteiger partial charge in [-0.05, 0) is 29.8 Å². The molecule has 4 aromatic carbocycles. The zero-order chi connectivity index (χ0) is 22.3. The molecule has 3 nitrogen and oxygen atoms in total. The Bertz CT molecular complexity index is 1200. The number of halogens is 1. The molecule has 0 aromatic heterocycles. The molecule has 0 fully saturated rings. The fraction of sp³-hybridized carbons (Fsp3) is 0. The normalized spacial score (nSPS) is 11.4. The van der Waals surface area contributed by atoms with Crippen LogP contribution in [0.4, 0.5) is 15.8 Å². The summed E-state index contributed by atoms with van der Waals surface area (Å²) in [5, 5.41) is 0. The van der Waals surface area contributed by atoms with Crippen LogP contribution < -0.4 is 4.90 Å². The SMILES string of the molecule is O=C(/C(=C(/F)C(=O)N(c1ccccc1)c1ccccc1)c1ccccc1)c1ccccc1. The lowest BCUT2D eigenvalue weighted by atomic mass is 9.95. The van der Waals surface area contributed by atoms with E-state index in [0.717, 1.165) is 0 Å². The van der Waals surface area contributed by atoms with Crippen molar-refractivity contribution in [2.75, 3.05) is 4.90 Å². The Morgan fingerprint density at radius 1 is 0.531 bits per heavy atom. The Morgan fingerprint density at radius 2 is 0.906 bits per heavy atom. The molecule has 4 rings (SSSR count). The Labute approximate surface area is 186 Å². The number of anilines is 2. The molecule has 0 unspecified atom stereocenters. The van der Waals surface area contributed by atoms with Gasteiger partial charge in [0.1, 0.15) is 0 Å². The second kappa shape index (κ2) is 9.67. The zero-order valence-electron chi connectivity index (χ0n) is 17.2. The number of carbonyl (C=O) groups is 2. The molecule has 0 aliphatic rings. The zero-order valence-corrected chi connectivity index (χ0v) is 17.2. The molecule has 0 spiro atoms. The molecule has 0 heterocycles. The van der Waals surface area contributed by atoms with Gasteiger partial charge in [-0.3, -0.25) is 14.5 Å². The summed E-state index contributed by atoms with van der Waals surface area (Å²) < 4.78 is 16.0. The van der Waals surface area contributed by atoms with Gasteiger partial charge in [0.05, 0.1) is 5.57 Å². The van der Waals surface area contributed by atoms with E-state index in [9.17, 15) is 9.59 Å². The number of allylic oxidation sites excluding steroid dienone is 1. The van der Waals surface area contributed by atoms with Crippen molar-refractivity contribution in [3.05, 3.63) is 138 Å². The van der Waals surface area contributed by atoms with Gasteiger partial charge in [-0.2, -0.15) is 0 Å². The predicted molar refractivity (Wildman–Crippen MR) is 125 cm³/mol. The maximum Gasteiger partial charge on any atom is 0.292 e. The van der Waals surface area contributed by atoms with E-state index in [4.69, 9.17) is 0 Å². The van der Waals surface area contributed by atoms with Crippen LogP contribution in [0.15, 0.2) is 127 Å². The molecule has 0 aliphatic carbocycles. The largest absolute Gasteiger partial charge is 0.292 e. The summed E-state index contributed by atoms with van der Waals surface area (Å²) in [5.74, 6) is -2.58. The van der Waals surface area contributed by atoms with E-state index in [1.807, 2.05) is 12.1 Å². The van der Waals surface area contributed by atoms with Gasteiger partial charge < -0.3 is 0 Å². The summed E-state index contributed by atoms with van der Waals surface area (Å²) in [4.78, 5) is 28.1. The number of hydrogen-bond donors (Lipinski definition) is 0. The predicted octanol–water partition coefficient (Wildman–Crippen LogP) is 6.62. The number of para-hydroxylation sites is 2. The molecule has 0 aliphatic heterocycles. The Hall–Kier alpha value is -4.31. The van der Waals surface area contributed by atoms with Gasteiger partial charge in [-0.1, -0.05) is 97.1 Å². The smallest absolute Gasteiger partial charge is 0.288 e. The fourth-order valence-corrected chi connectivity index (χ4v) is 3.44. The third-order valence-electron chi connectivity index (χ3n) is 4.96. The lowest BCUT2D eigenvalue weighted by molar-refractivity contribution is -0.115. The molecule has 156 valence electrons. The standard InChI is InChI=1S/C28H20FNO2/c29-26(25(21-13-5-1-6-14-21)27(31)22-15-7-2-8-16-22)28(32)30(23-17-9-3-10-18-23)24-19-11-4-12-20-24/h1-20H/b26-25+. The summed E-state index contributed by atoms with van der Waals surface area (Å²) in [7, 11) is 0. The van der Waals surface area contributed by atoms with Crippen LogP contribution in [0.25, 0.3) is 5.57 Å².